The number of halogens is 1. The monoisotopic (exact) mass is 375 g/mol. The number of methoxy groups -OCH3 is 1. The molecule has 0 aromatic heterocycles. The average Bonchev–Trinajstić information content (AvgIpc) is 2.64. The minimum Gasteiger partial charge on any atom is -0.497 e. The number of carbonyl (C=O) groups is 1. The van der Waals surface area contributed by atoms with Gasteiger partial charge in [-0.25, -0.2) is 4.79 Å². The molecule has 0 saturated carbocycles. The van der Waals surface area contributed by atoms with Gasteiger partial charge in [0.1, 0.15) is 12.4 Å². The van der Waals surface area contributed by atoms with Crippen LogP contribution < -0.4 is 15.4 Å². The zero-order valence-electron chi connectivity index (χ0n) is 14.7. The van der Waals surface area contributed by atoms with Crippen molar-refractivity contribution in [2.24, 2.45) is 4.99 Å². The van der Waals surface area contributed by atoms with Gasteiger partial charge in [-0.15, -0.1) is 0 Å². The van der Waals surface area contributed by atoms with E-state index in [-0.39, 0.29) is 12.1 Å². The topological polar surface area (TPSA) is 72.0 Å². The number of rotatable bonds is 8. The van der Waals surface area contributed by atoms with Crippen molar-refractivity contribution in [2.75, 3.05) is 26.1 Å². The number of benzene rings is 2. The molecule has 0 radical (unpaired) electrons. The predicted molar refractivity (Wildman–Crippen MR) is 104 cm³/mol. The van der Waals surface area contributed by atoms with Crippen molar-refractivity contribution in [3.05, 3.63) is 59.1 Å². The van der Waals surface area contributed by atoms with Crippen molar-refractivity contribution in [3.8, 4) is 5.75 Å². The maximum atomic E-state index is 12.3. The zero-order chi connectivity index (χ0) is 18.8. The van der Waals surface area contributed by atoms with Gasteiger partial charge in [-0.2, -0.15) is 0 Å². The van der Waals surface area contributed by atoms with Gasteiger partial charge >= 0.3 is 6.03 Å². The molecule has 2 N–H and O–H groups in total. The number of hydrogen-bond acceptors (Lipinski definition) is 4. The summed E-state index contributed by atoms with van der Waals surface area (Å²) in [5, 5.41) is 6.30. The van der Waals surface area contributed by atoms with Crippen molar-refractivity contribution in [1.29, 1.82) is 0 Å². The lowest BCUT2D eigenvalue weighted by Gasteiger charge is -2.19. The molecule has 0 bridgehead atoms. The standard InChI is InChI=1S/C19H22ClN3O3/c1-21-13-26-12-17(11-14-3-9-18(25-2)10-4-14)23-19(24)22-16-7-5-15(20)6-8-16/h3-10,13,17H,11-12H2,1-2H3,(H2,22,23,24). The molecule has 26 heavy (non-hydrogen) atoms. The first-order valence-corrected chi connectivity index (χ1v) is 8.46. The van der Waals surface area contributed by atoms with E-state index in [0.717, 1.165) is 11.3 Å². The number of carbonyl (C=O) groups excluding carboxylic acids is 1. The fourth-order valence-corrected chi connectivity index (χ4v) is 2.44. The summed E-state index contributed by atoms with van der Waals surface area (Å²) in [6.07, 6.45) is 1.97. The second kappa shape index (κ2) is 10.3. The van der Waals surface area contributed by atoms with E-state index in [1.165, 1.54) is 6.40 Å². The van der Waals surface area contributed by atoms with Crippen molar-refractivity contribution in [1.82, 2.24) is 5.32 Å². The molecule has 0 saturated heterocycles. The highest BCUT2D eigenvalue weighted by molar-refractivity contribution is 6.30. The number of nitrogens with zero attached hydrogens (tertiary/aromatic N) is 1. The van der Waals surface area contributed by atoms with Crippen LogP contribution in [0.15, 0.2) is 53.5 Å². The van der Waals surface area contributed by atoms with Crippen molar-refractivity contribution < 1.29 is 14.3 Å². The smallest absolute Gasteiger partial charge is 0.319 e. The fourth-order valence-electron chi connectivity index (χ4n) is 2.32. The van der Waals surface area contributed by atoms with E-state index in [2.05, 4.69) is 15.6 Å². The number of hydrogen-bond donors (Lipinski definition) is 2. The van der Waals surface area contributed by atoms with Gasteiger partial charge in [-0.05, 0) is 48.4 Å². The molecule has 0 aliphatic carbocycles. The Morgan fingerprint density at radius 1 is 1.19 bits per heavy atom. The van der Waals surface area contributed by atoms with Crippen LogP contribution in [0.2, 0.25) is 5.02 Å². The molecular weight excluding hydrogens is 354 g/mol. The van der Waals surface area contributed by atoms with Crippen molar-refractivity contribution in [3.63, 3.8) is 0 Å². The number of amides is 2. The maximum absolute atomic E-state index is 12.3. The number of urea groups is 1. The summed E-state index contributed by atoms with van der Waals surface area (Å²) < 4.78 is 10.5. The minimum absolute atomic E-state index is 0.228. The quantitative estimate of drug-likeness (QED) is 0.545. The van der Waals surface area contributed by atoms with E-state index in [9.17, 15) is 4.79 Å². The molecule has 0 aliphatic rings. The molecular formula is C19H22ClN3O3. The van der Waals surface area contributed by atoms with E-state index in [1.807, 2.05) is 24.3 Å². The van der Waals surface area contributed by atoms with Crippen LogP contribution in [0.25, 0.3) is 0 Å². The normalized spacial score (nSPS) is 11.8. The minimum atomic E-state index is -0.317. The van der Waals surface area contributed by atoms with E-state index in [1.54, 1.807) is 38.4 Å². The van der Waals surface area contributed by atoms with Crippen LogP contribution in [-0.4, -0.2) is 39.2 Å². The van der Waals surface area contributed by atoms with Gasteiger partial charge in [-0.3, -0.25) is 4.99 Å². The maximum Gasteiger partial charge on any atom is 0.319 e. The lowest BCUT2D eigenvalue weighted by Crippen LogP contribution is -2.42. The van der Waals surface area contributed by atoms with Gasteiger partial charge in [0.25, 0.3) is 0 Å². The summed E-state index contributed by atoms with van der Waals surface area (Å²) >= 11 is 5.85. The second-order valence-corrected chi connectivity index (χ2v) is 5.99. The molecule has 7 heteroatoms. The molecule has 2 aromatic carbocycles. The highest BCUT2D eigenvalue weighted by atomic mass is 35.5. The lowest BCUT2D eigenvalue weighted by atomic mass is 10.1. The lowest BCUT2D eigenvalue weighted by molar-refractivity contribution is 0.232. The van der Waals surface area contributed by atoms with Crippen LogP contribution in [-0.2, 0) is 11.2 Å². The third-order valence-electron chi connectivity index (χ3n) is 3.56. The van der Waals surface area contributed by atoms with Crippen molar-refractivity contribution in [2.45, 2.75) is 12.5 Å². The van der Waals surface area contributed by atoms with Crippen LogP contribution >= 0.6 is 11.6 Å². The summed E-state index contributed by atoms with van der Waals surface area (Å²) in [7, 11) is 3.25. The SMILES string of the molecule is CN=COCC(Cc1ccc(OC)cc1)NC(=O)Nc1ccc(Cl)cc1. The Bertz CT molecular complexity index is 718. The third-order valence-corrected chi connectivity index (χ3v) is 3.81. The van der Waals surface area contributed by atoms with Crippen LogP contribution in [0.3, 0.4) is 0 Å². The van der Waals surface area contributed by atoms with Gasteiger partial charge in [0.2, 0.25) is 0 Å². The van der Waals surface area contributed by atoms with Crippen molar-refractivity contribution >= 4 is 29.7 Å². The Morgan fingerprint density at radius 2 is 1.88 bits per heavy atom. The largest absolute Gasteiger partial charge is 0.497 e. The average molecular weight is 376 g/mol. The Morgan fingerprint density at radius 3 is 2.50 bits per heavy atom. The molecule has 1 atom stereocenters. The van der Waals surface area contributed by atoms with Gasteiger partial charge < -0.3 is 20.1 Å². The first-order valence-electron chi connectivity index (χ1n) is 8.09. The molecule has 2 aromatic rings. The Balaban J connectivity index is 1.97. The van der Waals surface area contributed by atoms with Gasteiger partial charge in [-0.1, -0.05) is 23.7 Å². The predicted octanol–water partition coefficient (Wildman–Crippen LogP) is 3.76. The Hall–Kier alpha value is -2.73. The van der Waals surface area contributed by atoms with Crippen LogP contribution in [0.1, 0.15) is 5.56 Å². The first-order chi connectivity index (χ1) is 12.6. The van der Waals surface area contributed by atoms with E-state index in [0.29, 0.717) is 23.7 Å². The fraction of sp³-hybridized carbons (Fsp3) is 0.263. The Labute approximate surface area is 158 Å². The van der Waals surface area contributed by atoms with E-state index in [4.69, 9.17) is 21.1 Å². The van der Waals surface area contributed by atoms with Crippen LogP contribution in [0.4, 0.5) is 10.5 Å². The number of anilines is 1. The first kappa shape index (κ1) is 19.6. The Kier molecular flexibility index (Phi) is 7.76. The van der Waals surface area contributed by atoms with Gasteiger partial charge in [0, 0.05) is 17.8 Å². The van der Waals surface area contributed by atoms with Gasteiger partial charge in [0.05, 0.1) is 13.2 Å². The summed E-state index contributed by atoms with van der Waals surface area (Å²) in [4.78, 5) is 16.1. The second-order valence-electron chi connectivity index (χ2n) is 5.55. The molecule has 2 amide bonds. The van der Waals surface area contributed by atoms with Gasteiger partial charge in [0.15, 0.2) is 6.40 Å². The summed E-state index contributed by atoms with van der Waals surface area (Å²) in [5.74, 6) is 0.785. The molecule has 0 heterocycles. The molecule has 2 rings (SSSR count). The molecule has 138 valence electrons. The molecule has 6 nitrogen and oxygen atoms in total. The molecule has 0 aliphatic heterocycles. The molecule has 0 fully saturated rings. The highest BCUT2D eigenvalue weighted by Crippen LogP contribution is 2.14. The molecule has 1 unspecified atom stereocenters. The van der Waals surface area contributed by atoms with E-state index >= 15 is 0 Å². The van der Waals surface area contributed by atoms with Crippen LogP contribution in [0, 0.1) is 0 Å². The number of aliphatic imine (C=N–C) groups is 1. The zero-order valence-corrected chi connectivity index (χ0v) is 15.5. The third kappa shape index (κ3) is 6.64. The summed E-state index contributed by atoms with van der Waals surface area (Å²) in [6.45, 7) is 0.303. The summed E-state index contributed by atoms with van der Waals surface area (Å²) in [5.41, 5.74) is 1.71. The number of ether oxygens (including phenoxy) is 2. The highest BCUT2D eigenvalue weighted by Gasteiger charge is 2.14. The van der Waals surface area contributed by atoms with Crippen LogP contribution in [0.5, 0.6) is 5.75 Å². The summed E-state index contributed by atoms with van der Waals surface area (Å²) in [6, 6.07) is 14.0. The van der Waals surface area contributed by atoms with E-state index < -0.39 is 0 Å². The molecule has 0 spiro atoms. The number of nitrogens with one attached hydrogen (secondary N) is 2.